The van der Waals surface area contributed by atoms with Gasteiger partial charge in [0.25, 0.3) is 0 Å². The third-order valence-electron chi connectivity index (χ3n) is 4.06. The fourth-order valence-corrected chi connectivity index (χ4v) is 3.39. The Morgan fingerprint density at radius 3 is 2.39 bits per heavy atom. The Hall–Kier alpha value is -3.32. The maximum absolute atomic E-state index is 13.3. The van der Waals surface area contributed by atoms with Gasteiger partial charge >= 0.3 is 6.18 Å². The van der Waals surface area contributed by atoms with Crippen LogP contribution in [0.3, 0.4) is 0 Å². The number of anilines is 1. The zero-order chi connectivity index (χ0) is 23.0. The van der Waals surface area contributed by atoms with Gasteiger partial charge in [-0.2, -0.15) is 18.3 Å². The summed E-state index contributed by atoms with van der Waals surface area (Å²) in [5.74, 6) is -2.90. The number of amides is 1. The van der Waals surface area contributed by atoms with Crippen LogP contribution in [0.5, 0.6) is 0 Å². The quantitative estimate of drug-likeness (QED) is 0.571. The maximum atomic E-state index is 13.3. The molecule has 0 fully saturated rings. The molecule has 164 valence electrons. The molecule has 0 aliphatic rings. The molecule has 1 aromatic heterocycles. The van der Waals surface area contributed by atoms with Crippen LogP contribution in [-0.2, 0) is 27.4 Å². The molecule has 0 saturated heterocycles. The second kappa shape index (κ2) is 8.07. The number of hydrogen-bond acceptors (Lipinski definition) is 4. The molecular formula is C18H13F5N4O3S. The number of hydrogen-bond donors (Lipinski definition) is 2. The molecule has 0 radical (unpaired) electrons. The molecule has 7 nitrogen and oxygen atoms in total. The van der Waals surface area contributed by atoms with Crippen LogP contribution in [-0.4, -0.2) is 24.1 Å². The average Bonchev–Trinajstić information content (AvgIpc) is 3.14. The third-order valence-corrected chi connectivity index (χ3v) is 5.00. The van der Waals surface area contributed by atoms with Crippen molar-refractivity contribution in [2.45, 2.75) is 17.5 Å². The molecule has 3 rings (SSSR count). The topological polar surface area (TPSA) is 107 Å². The summed E-state index contributed by atoms with van der Waals surface area (Å²) >= 11 is 0. The van der Waals surface area contributed by atoms with Crippen molar-refractivity contribution in [3.63, 3.8) is 0 Å². The summed E-state index contributed by atoms with van der Waals surface area (Å²) in [7, 11) is -4.42. The summed E-state index contributed by atoms with van der Waals surface area (Å²) < 4.78 is 89.2. The summed E-state index contributed by atoms with van der Waals surface area (Å²) in [5, 5.41) is 11.0. The van der Waals surface area contributed by atoms with E-state index in [1.807, 2.05) is 0 Å². The number of benzene rings is 2. The number of aromatic nitrogens is 2. The van der Waals surface area contributed by atoms with Gasteiger partial charge in [0, 0.05) is 11.9 Å². The van der Waals surface area contributed by atoms with Crippen LogP contribution in [0.2, 0.25) is 0 Å². The van der Waals surface area contributed by atoms with Gasteiger partial charge in [-0.3, -0.25) is 4.79 Å². The number of rotatable bonds is 5. The average molecular weight is 460 g/mol. The first-order valence-corrected chi connectivity index (χ1v) is 9.92. The number of alkyl halides is 3. The third kappa shape index (κ3) is 5.24. The van der Waals surface area contributed by atoms with Crippen LogP contribution in [0, 0.1) is 11.6 Å². The lowest BCUT2D eigenvalue weighted by atomic mass is 10.1. The number of sulfonamides is 1. The Morgan fingerprint density at radius 2 is 1.81 bits per heavy atom. The second-order valence-electron chi connectivity index (χ2n) is 6.37. The molecule has 0 atom stereocenters. The molecule has 0 aliphatic carbocycles. The summed E-state index contributed by atoms with van der Waals surface area (Å²) in [6, 6.07) is 6.17. The van der Waals surface area contributed by atoms with Crippen molar-refractivity contribution in [1.82, 2.24) is 9.78 Å². The van der Waals surface area contributed by atoms with E-state index in [-0.39, 0.29) is 23.4 Å². The molecule has 0 aliphatic heterocycles. The molecule has 2 aromatic carbocycles. The first kappa shape index (κ1) is 22.4. The lowest BCUT2D eigenvalue weighted by Gasteiger charge is -2.12. The summed E-state index contributed by atoms with van der Waals surface area (Å²) in [4.78, 5) is 11.6. The highest BCUT2D eigenvalue weighted by Crippen LogP contribution is 2.30. The number of nitrogens with two attached hydrogens (primary N) is 1. The van der Waals surface area contributed by atoms with Gasteiger partial charge in [-0.05, 0) is 35.9 Å². The van der Waals surface area contributed by atoms with Gasteiger partial charge in [-0.15, -0.1) is 0 Å². The number of halogens is 5. The second-order valence-corrected chi connectivity index (χ2v) is 7.90. The van der Waals surface area contributed by atoms with E-state index < -0.39 is 44.2 Å². The minimum absolute atomic E-state index is 0.0384. The van der Waals surface area contributed by atoms with Crippen molar-refractivity contribution < 1.29 is 35.2 Å². The van der Waals surface area contributed by atoms with E-state index in [2.05, 4.69) is 10.4 Å². The van der Waals surface area contributed by atoms with E-state index in [4.69, 9.17) is 5.14 Å². The van der Waals surface area contributed by atoms with Crippen LogP contribution in [0.1, 0.15) is 11.1 Å². The number of carbonyl (C=O) groups excluding carboxylic acids is 1. The van der Waals surface area contributed by atoms with E-state index >= 15 is 0 Å². The predicted molar refractivity (Wildman–Crippen MR) is 98.6 cm³/mol. The zero-order valence-corrected chi connectivity index (χ0v) is 16.1. The molecule has 1 amide bonds. The molecule has 0 spiro atoms. The zero-order valence-electron chi connectivity index (χ0n) is 15.3. The van der Waals surface area contributed by atoms with Crippen molar-refractivity contribution in [2.75, 3.05) is 5.32 Å². The summed E-state index contributed by atoms with van der Waals surface area (Å²) in [6.45, 7) is 0. The van der Waals surface area contributed by atoms with Crippen molar-refractivity contribution in [2.24, 2.45) is 5.14 Å². The summed E-state index contributed by atoms with van der Waals surface area (Å²) in [6.07, 6.45) is -3.93. The minimum atomic E-state index is -4.69. The summed E-state index contributed by atoms with van der Waals surface area (Å²) in [5.41, 5.74) is -1.24. The molecular weight excluding hydrogens is 447 g/mol. The van der Waals surface area contributed by atoms with E-state index in [0.717, 1.165) is 24.3 Å². The van der Waals surface area contributed by atoms with E-state index in [1.165, 1.54) is 12.1 Å². The van der Waals surface area contributed by atoms with Crippen molar-refractivity contribution >= 4 is 21.6 Å². The van der Waals surface area contributed by atoms with Gasteiger partial charge in [0.15, 0.2) is 11.6 Å². The van der Waals surface area contributed by atoms with Gasteiger partial charge < -0.3 is 5.32 Å². The molecule has 3 aromatic rings. The number of nitrogens with one attached hydrogen (secondary N) is 1. The van der Waals surface area contributed by atoms with Crippen LogP contribution >= 0.6 is 0 Å². The first-order chi connectivity index (χ1) is 14.3. The van der Waals surface area contributed by atoms with Gasteiger partial charge in [-0.1, -0.05) is 6.07 Å². The molecule has 0 saturated carbocycles. The Labute approximate surface area is 172 Å². The number of carbonyl (C=O) groups is 1. The Kier molecular flexibility index (Phi) is 5.83. The van der Waals surface area contributed by atoms with E-state index in [0.29, 0.717) is 17.1 Å². The van der Waals surface area contributed by atoms with Gasteiger partial charge in [0.2, 0.25) is 15.9 Å². The highest BCUT2D eigenvalue weighted by atomic mass is 32.2. The molecule has 1 heterocycles. The van der Waals surface area contributed by atoms with Gasteiger partial charge in [-0.25, -0.2) is 27.0 Å². The minimum Gasteiger partial charge on any atom is -0.326 e. The van der Waals surface area contributed by atoms with E-state index in [1.54, 1.807) is 0 Å². The predicted octanol–water partition coefficient (Wildman–Crippen LogP) is 3.00. The van der Waals surface area contributed by atoms with E-state index in [9.17, 15) is 35.2 Å². The molecule has 13 heteroatoms. The Morgan fingerprint density at radius 1 is 1.10 bits per heavy atom. The largest absolute Gasteiger partial charge is 0.419 e. The fraction of sp³-hybridized carbons (Fsp3) is 0.111. The molecule has 0 unspecified atom stereocenters. The van der Waals surface area contributed by atoms with Gasteiger partial charge in [0.1, 0.15) is 4.90 Å². The molecule has 0 bridgehead atoms. The van der Waals surface area contributed by atoms with Crippen molar-refractivity contribution in [3.8, 4) is 5.69 Å². The normalized spacial score (nSPS) is 12.1. The number of nitrogens with zero attached hydrogens (tertiary/aromatic N) is 2. The standard InChI is InChI=1S/C18H13F5N4O3S/c19-13-3-1-10(5-14(13)20)6-17(28)26-12-2-4-15(16(7-12)31(24,29)30)27-9-11(8-25-27)18(21,22)23/h1-5,7-9H,6H2,(H,26,28)(H2,24,29,30). The van der Waals surface area contributed by atoms with Gasteiger partial charge in [0.05, 0.1) is 23.9 Å². The lowest BCUT2D eigenvalue weighted by Crippen LogP contribution is -2.18. The molecule has 3 N–H and O–H groups in total. The first-order valence-electron chi connectivity index (χ1n) is 8.37. The SMILES string of the molecule is NS(=O)(=O)c1cc(NC(=O)Cc2ccc(F)c(F)c2)ccc1-n1cc(C(F)(F)F)cn1. The Balaban J connectivity index is 1.88. The fourth-order valence-electron chi connectivity index (χ4n) is 2.65. The Bertz CT molecular complexity index is 1260. The van der Waals surface area contributed by atoms with Crippen LogP contribution in [0.4, 0.5) is 27.6 Å². The molecule has 31 heavy (non-hydrogen) atoms. The highest BCUT2D eigenvalue weighted by molar-refractivity contribution is 7.89. The van der Waals surface area contributed by atoms with Crippen molar-refractivity contribution in [1.29, 1.82) is 0 Å². The highest BCUT2D eigenvalue weighted by Gasteiger charge is 2.32. The number of primary sulfonamides is 1. The lowest BCUT2D eigenvalue weighted by molar-refractivity contribution is -0.137. The monoisotopic (exact) mass is 460 g/mol. The van der Waals surface area contributed by atoms with Crippen LogP contribution in [0.15, 0.2) is 53.7 Å². The smallest absolute Gasteiger partial charge is 0.326 e. The maximum Gasteiger partial charge on any atom is 0.419 e. The van der Waals surface area contributed by atoms with Crippen LogP contribution in [0.25, 0.3) is 5.69 Å². The van der Waals surface area contributed by atoms with Crippen LogP contribution < -0.4 is 10.5 Å². The van der Waals surface area contributed by atoms with Crippen molar-refractivity contribution in [3.05, 3.63) is 71.6 Å².